The molecular weight excluding hydrogens is 444 g/mol. The lowest BCUT2D eigenvalue weighted by Gasteiger charge is -2.26. The van der Waals surface area contributed by atoms with Crippen LogP contribution in [0.5, 0.6) is 5.75 Å². The maximum atomic E-state index is 13.3. The number of amides is 2. The van der Waals surface area contributed by atoms with Gasteiger partial charge in [-0.15, -0.1) is 0 Å². The molecule has 1 atom stereocenters. The normalized spacial score (nSPS) is 16.9. The average molecular weight is 471 g/mol. The van der Waals surface area contributed by atoms with E-state index in [0.717, 1.165) is 12.0 Å². The number of aliphatic hydroxyl groups is 1. The van der Waals surface area contributed by atoms with Gasteiger partial charge in [0.25, 0.3) is 11.7 Å². The van der Waals surface area contributed by atoms with Gasteiger partial charge >= 0.3 is 0 Å². The van der Waals surface area contributed by atoms with Crippen LogP contribution in [-0.4, -0.2) is 29.8 Å². The zero-order chi connectivity index (χ0) is 25.1. The summed E-state index contributed by atoms with van der Waals surface area (Å²) in [6, 6.07) is 20.1. The van der Waals surface area contributed by atoms with Gasteiger partial charge in [-0.2, -0.15) is 0 Å². The minimum Gasteiger partial charge on any atom is -0.507 e. The van der Waals surface area contributed by atoms with Gasteiger partial charge in [0.1, 0.15) is 11.5 Å². The Bertz CT molecular complexity index is 1310. The summed E-state index contributed by atoms with van der Waals surface area (Å²) in [7, 11) is 1.51. The first-order chi connectivity index (χ1) is 16.8. The van der Waals surface area contributed by atoms with Crippen molar-refractivity contribution in [2.75, 3.05) is 17.3 Å². The van der Waals surface area contributed by atoms with Crippen molar-refractivity contribution in [1.82, 2.24) is 0 Å². The van der Waals surface area contributed by atoms with E-state index in [4.69, 9.17) is 4.74 Å². The molecule has 1 aliphatic rings. The van der Waals surface area contributed by atoms with Crippen LogP contribution in [0.15, 0.2) is 78.4 Å². The van der Waals surface area contributed by atoms with Crippen LogP contribution < -0.4 is 15.0 Å². The van der Waals surface area contributed by atoms with Crippen molar-refractivity contribution in [1.29, 1.82) is 0 Å². The highest BCUT2D eigenvalue weighted by atomic mass is 16.5. The summed E-state index contributed by atoms with van der Waals surface area (Å²) in [5.41, 5.74) is 3.21. The molecule has 4 rings (SSSR count). The Morgan fingerprint density at radius 1 is 1.03 bits per heavy atom. The summed E-state index contributed by atoms with van der Waals surface area (Å²) in [4.78, 5) is 39.3. The number of ketones is 1. The summed E-state index contributed by atoms with van der Waals surface area (Å²) < 4.78 is 5.26. The molecule has 1 heterocycles. The number of methoxy groups -OCH3 is 1. The third-order valence-electron chi connectivity index (χ3n) is 5.96. The number of aryl methyl sites for hydroxylation is 1. The van der Waals surface area contributed by atoms with Gasteiger partial charge in [0.05, 0.1) is 18.7 Å². The first kappa shape index (κ1) is 23.8. The molecule has 3 aromatic carbocycles. The fraction of sp³-hybridized carbons (Fsp3) is 0.179. The van der Waals surface area contributed by atoms with Crippen LogP contribution in [0.2, 0.25) is 0 Å². The monoisotopic (exact) mass is 470 g/mol. The van der Waals surface area contributed by atoms with E-state index >= 15 is 0 Å². The molecule has 2 amide bonds. The molecular formula is C28H26N2O5. The molecule has 0 saturated carbocycles. The number of aliphatic hydroxyl groups excluding tert-OH is 1. The number of anilines is 2. The topological polar surface area (TPSA) is 95.9 Å². The molecule has 2 N–H and O–H groups in total. The lowest BCUT2D eigenvalue weighted by atomic mass is 9.94. The Kier molecular flexibility index (Phi) is 6.68. The van der Waals surface area contributed by atoms with E-state index in [-0.39, 0.29) is 17.2 Å². The van der Waals surface area contributed by atoms with Crippen LogP contribution in [0.3, 0.4) is 0 Å². The molecule has 0 spiro atoms. The highest BCUT2D eigenvalue weighted by Crippen LogP contribution is 2.42. The number of hydrogen-bond donors (Lipinski definition) is 2. The van der Waals surface area contributed by atoms with E-state index in [0.29, 0.717) is 28.3 Å². The van der Waals surface area contributed by atoms with Gasteiger partial charge in [0.2, 0.25) is 5.91 Å². The van der Waals surface area contributed by atoms with Crippen molar-refractivity contribution in [3.8, 4) is 5.75 Å². The third kappa shape index (κ3) is 4.66. The van der Waals surface area contributed by atoms with Crippen molar-refractivity contribution >= 4 is 34.7 Å². The van der Waals surface area contributed by atoms with Crippen LogP contribution >= 0.6 is 0 Å². The number of hydrogen-bond acceptors (Lipinski definition) is 5. The Balaban J connectivity index is 1.87. The molecule has 1 fully saturated rings. The summed E-state index contributed by atoms with van der Waals surface area (Å²) in [6.45, 7) is 3.45. The highest BCUT2D eigenvalue weighted by Gasteiger charge is 2.47. The van der Waals surface area contributed by atoms with Crippen LogP contribution in [-0.2, 0) is 20.8 Å². The number of carbonyl (C=O) groups excluding carboxylic acids is 3. The number of carbonyl (C=O) groups is 3. The van der Waals surface area contributed by atoms with Crippen LogP contribution in [0, 0.1) is 0 Å². The van der Waals surface area contributed by atoms with Crippen molar-refractivity contribution in [2.45, 2.75) is 26.3 Å². The maximum absolute atomic E-state index is 13.3. The second kappa shape index (κ2) is 9.85. The molecule has 178 valence electrons. The number of nitrogens with zero attached hydrogens (tertiary/aromatic N) is 1. The summed E-state index contributed by atoms with van der Waals surface area (Å²) in [5, 5.41) is 13.9. The standard InChI is InChI=1S/C28H26N2O5/c1-4-18-8-10-19(11-9-18)25-24(26(32)20-6-5-7-23(16-20)35-3)27(33)28(34)30(25)22-14-12-21(13-15-22)29-17(2)31/h5-16,25,32H,4H2,1-3H3,(H,29,31)/b26-24-. The van der Waals surface area contributed by atoms with E-state index in [1.807, 2.05) is 31.2 Å². The highest BCUT2D eigenvalue weighted by molar-refractivity contribution is 6.51. The van der Waals surface area contributed by atoms with E-state index in [1.165, 1.54) is 18.9 Å². The zero-order valence-electron chi connectivity index (χ0n) is 19.7. The Hall–Kier alpha value is -4.39. The molecule has 7 nitrogen and oxygen atoms in total. The minimum atomic E-state index is -0.835. The average Bonchev–Trinajstić information content (AvgIpc) is 3.14. The predicted molar refractivity (Wildman–Crippen MR) is 134 cm³/mol. The van der Waals surface area contributed by atoms with Gasteiger partial charge in [-0.3, -0.25) is 19.3 Å². The van der Waals surface area contributed by atoms with Gasteiger partial charge in [0, 0.05) is 23.9 Å². The molecule has 35 heavy (non-hydrogen) atoms. The number of ether oxygens (including phenoxy) is 1. The quantitative estimate of drug-likeness (QED) is 0.305. The van der Waals surface area contributed by atoms with Gasteiger partial charge in [0.15, 0.2) is 0 Å². The van der Waals surface area contributed by atoms with E-state index < -0.39 is 17.7 Å². The lowest BCUT2D eigenvalue weighted by molar-refractivity contribution is -0.132. The molecule has 0 bridgehead atoms. The summed E-state index contributed by atoms with van der Waals surface area (Å²) in [6.07, 6.45) is 0.842. The molecule has 1 aliphatic heterocycles. The van der Waals surface area contributed by atoms with Crippen LogP contribution in [0.1, 0.15) is 36.6 Å². The first-order valence-electron chi connectivity index (χ1n) is 11.3. The lowest BCUT2D eigenvalue weighted by Crippen LogP contribution is -2.29. The van der Waals surface area contributed by atoms with Crippen molar-refractivity contribution in [3.63, 3.8) is 0 Å². The minimum absolute atomic E-state index is 0.00145. The smallest absolute Gasteiger partial charge is 0.300 e. The summed E-state index contributed by atoms with van der Waals surface area (Å²) in [5.74, 6) is -1.50. The van der Waals surface area contributed by atoms with Gasteiger partial charge in [-0.25, -0.2) is 0 Å². The van der Waals surface area contributed by atoms with Crippen molar-refractivity contribution in [2.24, 2.45) is 0 Å². The van der Waals surface area contributed by atoms with Crippen molar-refractivity contribution in [3.05, 3.63) is 95.1 Å². The number of benzene rings is 3. The Labute approximate surface area is 203 Å². The largest absolute Gasteiger partial charge is 0.507 e. The fourth-order valence-electron chi connectivity index (χ4n) is 4.18. The second-order valence-electron chi connectivity index (χ2n) is 8.22. The van der Waals surface area contributed by atoms with E-state index in [1.54, 1.807) is 48.5 Å². The fourth-order valence-corrected chi connectivity index (χ4v) is 4.18. The second-order valence-corrected chi connectivity index (χ2v) is 8.22. The van der Waals surface area contributed by atoms with E-state index in [9.17, 15) is 19.5 Å². The SMILES string of the molecule is CCc1ccc(C2/C(=C(/O)c3cccc(OC)c3)C(=O)C(=O)N2c2ccc(NC(C)=O)cc2)cc1. The molecule has 0 aliphatic carbocycles. The first-order valence-corrected chi connectivity index (χ1v) is 11.3. The molecule has 7 heteroatoms. The predicted octanol–water partition coefficient (Wildman–Crippen LogP) is 4.84. The van der Waals surface area contributed by atoms with Crippen molar-refractivity contribution < 1.29 is 24.2 Å². The zero-order valence-corrected chi connectivity index (χ0v) is 19.7. The van der Waals surface area contributed by atoms with Crippen LogP contribution in [0.4, 0.5) is 11.4 Å². The molecule has 1 unspecified atom stereocenters. The number of nitrogens with one attached hydrogen (secondary N) is 1. The molecule has 3 aromatic rings. The molecule has 0 aromatic heterocycles. The summed E-state index contributed by atoms with van der Waals surface area (Å²) >= 11 is 0. The van der Waals surface area contributed by atoms with E-state index in [2.05, 4.69) is 5.32 Å². The Morgan fingerprint density at radius 3 is 2.31 bits per heavy atom. The van der Waals surface area contributed by atoms with Gasteiger partial charge < -0.3 is 15.2 Å². The van der Waals surface area contributed by atoms with Gasteiger partial charge in [-0.1, -0.05) is 43.3 Å². The number of rotatable bonds is 6. The Morgan fingerprint density at radius 2 is 1.71 bits per heavy atom. The maximum Gasteiger partial charge on any atom is 0.300 e. The number of Topliss-reactive ketones (excluding diaryl/α,β-unsaturated/α-hetero) is 1. The van der Waals surface area contributed by atoms with Crippen LogP contribution in [0.25, 0.3) is 5.76 Å². The molecule has 0 radical (unpaired) electrons. The third-order valence-corrected chi connectivity index (χ3v) is 5.96. The van der Waals surface area contributed by atoms with Gasteiger partial charge in [-0.05, 0) is 53.9 Å². The molecule has 1 saturated heterocycles.